The van der Waals surface area contributed by atoms with Crippen molar-refractivity contribution in [2.75, 3.05) is 20.2 Å². The van der Waals surface area contributed by atoms with Crippen LogP contribution in [0.4, 0.5) is 13.2 Å². The highest BCUT2D eigenvalue weighted by Gasteiger charge is 2.31. The van der Waals surface area contributed by atoms with E-state index in [9.17, 15) is 18.0 Å². The number of benzene rings is 1. The third-order valence-corrected chi connectivity index (χ3v) is 6.91. The normalized spacial score (nSPS) is 20.1. The molecular formula is C25H29F3N2O2S2. The lowest BCUT2D eigenvalue weighted by Crippen LogP contribution is -2.24. The summed E-state index contributed by atoms with van der Waals surface area (Å²) in [7, 11) is 1.37. The molecule has 0 radical (unpaired) electrons. The lowest BCUT2D eigenvalue weighted by molar-refractivity contribution is -0.139. The zero-order valence-corrected chi connectivity index (χ0v) is 21.3. The van der Waals surface area contributed by atoms with Crippen molar-refractivity contribution in [3.05, 3.63) is 75.2 Å². The molecule has 0 aliphatic carbocycles. The number of hydrogen-bond acceptors (Lipinski definition) is 6. The zero-order chi connectivity index (χ0) is 25.1. The van der Waals surface area contributed by atoms with Gasteiger partial charge in [0.15, 0.2) is 0 Å². The molecule has 34 heavy (non-hydrogen) atoms. The molecule has 184 valence electrons. The summed E-state index contributed by atoms with van der Waals surface area (Å²) in [6.07, 6.45) is 3.02. The first-order valence-electron chi connectivity index (χ1n) is 10.9. The summed E-state index contributed by atoms with van der Waals surface area (Å²) in [5.74, 6) is -0.294. The van der Waals surface area contributed by atoms with E-state index < -0.39 is 11.7 Å². The molecule has 0 unspecified atom stereocenters. The topological polar surface area (TPSA) is 41.9 Å². The molecule has 1 aromatic carbocycles. The molecule has 0 fully saturated rings. The molecular weight excluding hydrogens is 481 g/mol. The van der Waals surface area contributed by atoms with Gasteiger partial charge in [-0.3, -0.25) is 9.79 Å². The summed E-state index contributed by atoms with van der Waals surface area (Å²) in [4.78, 5) is 18.0. The number of aliphatic imine (C=N–C) groups is 1. The van der Waals surface area contributed by atoms with Crippen LogP contribution < -0.4 is 0 Å². The molecule has 2 aliphatic heterocycles. The number of aryl methyl sites for hydroxylation is 1. The average molecular weight is 511 g/mol. The summed E-state index contributed by atoms with van der Waals surface area (Å²) in [6, 6.07) is 5.86. The Labute approximate surface area is 207 Å². The second kappa shape index (κ2) is 13.6. The van der Waals surface area contributed by atoms with Gasteiger partial charge in [-0.2, -0.15) is 13.2 Å². The largest absolute Gasteiger partial charge is 0.469 e. The fourth-order valence-corrected chi connectivity index (χ4v) is 5.08. The molecule has 3 rings (SSSR count). The van der Waals surface area contributed by atoms with Crippen molar-refractivity contribution < 1.29 is 22.7 Å². The third kappa shape index (κ3) is 8.52. The zero-order valence-electron chi connectivity index (χ0n) is 19.7. The lowest BCUT2D eigenvalue weighted by Gasteiger charge is -2.28. The SMILES string of the molecule is CC.COC(=O)Cc1ccc(C)c(SN2CCC3=C(C2)S\C=C/C(C(F)(F)F)=C\C=C\C=N3)c1. The van der Waals surface area contributed by atoms with E-state index in [0.29, 0.717) is 13.0 Å². The van der Waals surface area contributed by atoms with Crippen LogP contribution in [0.2, 0.25) is 0 Å². The lowest BCUT2D eigenvalue weighted by atomic mass is 10.1. The van der Waals surface area contributed by atoms with Gasteiger partial charge < -0.3 is 4.74 Å². The van der Waals surface area contributed by atoms with E-state index >= 15 is 0 Å². The van der Waals surface area contributed by atoms with E-state index in [2.05, 4.69) is 9.30 Å². The standard InChI is InChI=1S/C23H23F3N2O2S2.C2H6/c1-16-6-7-17(14-22(29)30-2)13-20(16)32-28-11-8-19-21(15-28)31-12-9-18(23(24,25)26)5-3-4-10-27-19;1-2/h3-7,9-10,12-13H,8,11,14-15H2,1-2H3;1-2H3/b4-3+,12-9-,18-5+,27-10?;. The van der Waals surface area contributed by atoms with Crippen LogP contribution in [-0.4, -0.2) is 42.9 Å². The Morgan fingerprint density at radius 1 is 1.26 bits per heavy atom. The van der Waals surface area contributed by atoms with E-state index in [-0.39, 0.29) is 12.4 Å². The number of ether oxygens (including phenoxy) is 1. The number of hydrogen-bond donors (Lipinski definition) is 0. The number of methoxy groups -OCH3 is 1. The van der Waals surface area contributed by atoms with Gasteiger partial charge in [0.25, 0.3) is 0 Å². The smallest absolute Gasteiger partial charge is 0.416 e. The molecule has 0 atom stereocenters. The Morgan fingerprint density at radius 2 is 2.03 bits per heavy atom. The van der Waals surface area contributed by atoms with Crippen LogP contribution in [-0.2, 0) is 16.0 Å². The third-order valence-electron chi connectivity index (χ3n) is 4.78. The highest BCUT2D eigenvalue weighted by Crippen LogP contribution is 2.36. The predicted molar refractivity (Wildman–Crippen MR) is 136 cm³/mol. The average Bonchev–Trinajstić information content (AvgIpc) is 2.86. The number of esters is 1. The number of allylic oxidation sites excluding steroid dienone is 5. The highest BCUT2D eigenvalue weighted by molar-refractivity contribution is 8.06. The molecule has 0 aromatic heterocycles. The van der Waals surface area contributed by atoms with Gasteiger partial charge in [-0.1, -0.05) is 43.8 Å². The minimum absolute atomic E-state index is 0.206. The van der Waals surface area contributed by atoms with E-state index in [1.165, 1.54) is 42.6 Å². The molecule has 0 spiro atoms. The molecule has 0 amide bonds. The maximum Gasteiger partial charge on any atom is 0.416 e. The van der Waals surface area contributed by atoms with Crippen molar-refractivity contribution in [2.45, 2.75) is 44.7 Å². The van der Waals surface area contributed by atoms with Crippen LogP contribution in [0.3, 0.4) is 0 Å². The monoisotopic (exact) mass is 510 g/mol. The fourth-order valence-electron chi connectivity index (χ4n) is 3.03. The number of alkyl halides is 3. The van der Waals surface area contributed by atoms with Crippen molar-refractivity contribution in [1.29, 1.82) is 0 Å². The molecule has 0 N–H and O–H groups in total. The quantitative estimate of drug-likeness (QED) is 0.321. The Bertz CT molecular complexity index is 1010. The molecule has 0 saturated carbocycles. The van der Waals surface area contributed by atoms with E-state index in [0.717, 1.165) is 45.3 Å². The fraction of sp³-hybridized carbons (Fsp3) is 0.360. The number of carbonyl (C=O) groups is 1. The molecule has 2 aliphatic rings. The summed E-state index contributed by atoms with van der Waals surface area (Å²) in [5, 5.41) is 1.47. The van der Waals surface area contributed by atoms with Crippen molar-refractivity contribution >= 4 is 35.9 Å². The number of nitrogens with zero attached hydrogens (tertiary/aromatic N) is 2. The van der Waals surface area contributed by atoms with Crippen LogP contribution in [0.5, 0.6) is 0 Å². The van der Waals surface area contributed by atoms with Crippen LogP contribution in [0, 0.1) is 6.92 Å². The molecule has 0 bridgehead atoms. The number of rotatable bonds is 4. The van der Waals surface area contributed by atoms with Gasteiger partial charge in [0.1, 0.15) is 0 Å². The minimum Gasteiger partial charge on any atom is -0.469 e. The Morgan fingerprint density at radius 3 is 2.74 bits per heavy atom. The van der Waals surface area contributed by atoms with Crippen molar-refractivity contribution in [3.8, 4) is 0 Å². The van der Waals surface area contributed by atoms with Crippen LogP contribution in [0.15, 0.2) is 74.0 Å². The van der Waals surface area contributed by atoms with Gasteiger partial charge >= 0.3 is 12.1 Å². The summed E-state index contributed by atoms with van der Waals surface area (Å²) < 4.78 is 46.4. The minimum atomic E-state index is -4.41. The van der Waals surface area contributed by atoms with Crippen molar-refractivity contribution in [3.63, 3.8) is 0 Å². The van der Waals surface area contributed by atoms with Crippen LogP contribution in [0.25, 0.3) is 0 Å². The predicted octanol–water partition coefficient (Wildman–Crippen LogP) is 7.04. The summed E-state index contributed by atoms with van der Waals surface area (Å²) in [5.41, 5.74) is 2.13. The first-order valence-corrected chi connectivity index (χ1v) is 12.5. The van der Waals surface area contributed by atoms with Gasteiger partial charge in [-0.05, 0) is 59.7 Å². The van der Waals surface area contributed by atoms with Gasteiger partial charge in [0.2, 0.25) is 0 Å². The van der Waals surface area contributed by atoms with Crippen LogP contribution >= 0.6 is 23.7 Å². The second-order valence-electron chi connectivity index (χ2n) is 7.13. The van der Waals surface area contributed by atoms with Gasteiger partial charge in [-0.25, -0.2) is 4.31 Å². The summed E-state index contributed by atoms with van der Waals surface area (Å²) in [6.45, 7) is 7.31. The van der Waals surface area contributed by atoms with E-state index in [4.69, 9.17) is 4.74 Å². The molecule has 0 saturated heterocycles. The first-order chi connectivity index (χ1) is 16.3. The Kier molecular flexibility index (Phi) is 11.2. The molecule has 4 nitrogen and oxygen atoms in total. The van der Waals surface area contributed by atoms with E-state index in [1.807, 2.05) is 39.0 Å². The first kappa shape index (κ1) is 28.0. The van der Waals surface area contributed by atoms with Gasteiger partial charge in [-0.15, -0.1) is 0 Å². The molecule has 1 aromatic rings. The number of thioether (sulfide) groups is 1. The number of halogens is 3. The van der Waals surface area contributed by atoms with Crippen molar-refractivity contribution in [1.82, 2.24) is 4.31 Å². The maximum atomic E-state index is 13.2. The van der Waals surface area contributed by atoms with Crippen LogP contribution in [0.1, 0.15) is 31.4 Å². The maximum absolute atomic E-state index is 13.2. The van der Waals surface area contributed by atoms with Gasteiger partial charge in [0.05, 0.1) is 24.8 Å². The van der Waals surface area contributed by atoms with Gasteiger partial charge in [0, 0.05) is 35.5 Å². The van der Waals surface area contributed by atoms with E-state index in [1.54, 1.807) is 11.9 Å². The molecule has 2 heterocycles. The summed E-state index contributed by atoms with van der Waals surface area (Å²) >= 11 is 2.84. The Balaban J connectivity index is 0.00000199. The second-order valence-corrected chi connectivity index (χ2v) is 9.27. The Hall–Kier alpha value is -2.23. The number of carbonyl (C=O) groups excluding carboxylic acids is 1. The molecule has 9 heteroatoms. The van der Waals surface area contributed by atoms with Crippen molar-refractivity contribution in [2.24, 2.45) is 4.99 Å². The highest BCUT2D eigenvalue weighted by atomic mass is 32.2.